The van der Waals surface area contributed by atoms with Crippen LogP contribution in [0.4, 0.5) is 5.69 Å². The Kier molecular flexibility index (Phi) is 6.94. The van der Waals surface area contributed by atoms with E-state index < -0.39 is 11.0 Å². The van der Waals surface area contributed by atoms with Crippen molar-refractivity contribution in [1.82, 2.24) is 5.32 Å². The number of thioether (sulfide) groups is 1. The molecule has 0 aliphatic heterocycles. The van der Waals surface area contributed by atoms with Gasteiger partial charge in [-0.15, -0.1) is 0 Å². The quantitative estimate of drug-likeness (QED) is 0.495. The molecule has 112 valence electrons. The fourth-order valence-corrected chi connectivity index (χ4v) is 2.46. The Hall–Kier alpha value is -1.15. The minimum absolute atomic E-state index is 0.00463. The third-order valence-corrected chi connectivity index (χ3v) is 4.33. The van der Waals surface area contributed by atoms with Gasteiger partial charge in [-0.25, -0.2) is 0 Å². The first kappa shape index (κ1) is 16.9. The molecule has 20 heavy (non-hydrogen) atoms. The van der Waals surface area contributed by atoms with Gasteiger partial charge in [0.05, 0.1) is 17.6 Å². The normalized spacial score (nSPS) is 15.6. The van der Waals surface area contributed by atoms with Crippen LogP contribution in [0.1, 0.15) is 18.6 Å². The second-order valence-corrected chi connectivity index (χ2v) is 5.59. The van der Waals surface area contributed by atoms with E-state index in [1.165, 1.54) is 12.1 Å². The molecular formula is C13H20N2O4S. The van der Waals surface area contributed by atoms with Crippen LogP contribution in [0.3, 0.4) is 0 Å². The number of non-ortho nitro benzene ring substituents is 1. The van der Waals surface area contributed by atoms with Gasteiger partial charge < -0.3 is 15.5 Å². The maximum Gasteiger partial charge on any atom is 0.269 e. The molecule has 0 aromatic heterocycles. The summed E-state index contributed by atoms with van der Waals surface area (Å²) in [4.78, 5) is 10.1. The number of nitrogens with one attached hydrogen (secondary N) is 1. The first-order valence-corrected chi connectivity index (χ1v) is 7.57. The maximum atomic E-state index is 10.5. The van der Waals surface area contributed by atoms with Crippen molar-refractivity contribution in [3.8, 4) is 0 Å². The molecule has 0 fully saturated rings. The zero-order chi connectivity index (χ0) is 15.1. The molecule has 3 N–H and O–H groups in total. The van der Waals surface area contributed by atoms with Crippen LogP contribution >= 0.6 is 11.8 Å². The average molecular weight is 300 g/mol. The molecule has 1 rings (SSSR count). The van der Waals surface area contributed by atoms with Crippen LogP contribution in [0.25, 0.3) is 0 Å². The molecule has 0 radical (unpaired) electrons. The second kappa shape index (κ2) is 8.21. The Bertz CT molecular complexity index is 423. The number of nitrogens with zero attached hydrogens (tertiary/aromatic N) is 1. The lowest BCUT2D eigenvalue weighted by Gasteiger charge is -2.23. The minimum atomic E-state index is -0.737. The Morgan fingerprint density at radius 1 is 1.40 bits per heavy atom. The lowest BCUT2D eigenvalue weighted by atomic mass is 10.1. The molecule has 6 nitrogen and oxygen atoms in total. The summed E-state index contributed by atoms with van der Waals surface area (Å²) in [7, 11) is 0. The number of benzene rings is 1. The molecule has 0 saturated carbocycles. The summed E-state index contributed by atoms with van der Waals surface area (Å²) in [5, 5.41) is 33.0. The maximum absolute atomic E-state index is 10.5. The first-order valence-electron chi connectivity index (χ1n) is 6.29. The highest BCUT2D eigenvalue weighted by Gasteiger charge is 2.17. The molecule has 1 aromatic carbocycles. The summed E-state index contributed by atoms with van der Waals surface area (Å²) in [5.74, 6) is 0. The van der Waals surface area contributed by atoms with Gasteiger partial charge in [-0.3, -0.25) is 10.1 Å². The first-order chi connectivity index (χ1) is 9.49. The lowest BCUT2D eigenvalue weighted by molar-refractivity contribution is -0.384. The minimum Gasteiger partial charge on any atom is -0.395 e. The predicted octanol–water partition coefficient (Wildman–Crippen LogP) is 1.33. The van der Waals surface area contributed by atoms with Crippen molar-refractivity contribution >= 4 is 17.4 Å². The molecular weight excluding hydrogens is 280 g/mol. The van der Waals surface area contributed by atoms with E-state index in [1.54, 1.807) is 23.9 Å². The lowest BCUT2D eigenvalue weighted by Crippen LogP contribution is -2.39. The van der Waals surface area contributed by atoms with Crippen molar-refractivity contribution in [3.63, 3.8) is 0 Å². The summed E-state index contributed by atoms with van der Waals surface area (Å²) in [5.41, 5.74) is 0.630. The van der Waals surface area contributed by atoms with Gasteiger partial charge in [0.15, 0.2) is 0 Å². The molecule has 0 amide bonds. The third kappa shape index (κ3) is 4.75. The van der Waals surface area contributed by atoms with Gasteiger partial charge in [0.25, 0.3) is 5.69 Å². The Balaban J connectivity index is 2.54. The summed E-state index contributed by atoms with van der Waals surface area (Å²) >= 11 is 1.56. The zero-order valence-corrected chi connectivity index (χ0v) is 12.3. The Labute approximate surface area is 122 Å². The van der Waals surface area contributed by atoms with Gasteiger partial charge >= 0.3 is 0 Å². The summed E-state index contributed by atoms with van der Waals surface area (Å²) in [6.07, 6.45) is 1.19. The standard InChI is InChI=1S/C13H20N2O4S/c1-9(13(8-16)20-2)14-7-12(17)10-3-5-11(6-4-10)15(18)19/h3-6,9,12-14,16-17H,7-8H2,1-2H3. The van der Waals surface area contributed by atoms with E-state index in [-0.39, 0.29) is 23.6 Å². The highest BCUT2D eigenvalue weighted by atomic mass is 32.2. The molecule has 3 atom stereocenters. The molecule has 3 unspecified atom stereocenters. The van der Waals surface area contributed by atoms with Crippen molar-refractivity contribution in [2.75, 3.05) is 19.4 Å². The van der Waals surface area contributed by atoms with Gasteiger partial charge in [-0.05, 0) is 30.9 Å². The fourth-order valence-electron chi connectivity index (χ4n) is 1.80. The molecule has 0 aliphatic carbocycles. The number of hydrogen-bond acceptors (Lipinski definition) is 6. The molecule has 7 heteroatoms. The summed E-state index contributed by atoms with van der Waals surface area (Å²) in [6.45, 7) is 2.35. The number of hydrogen-bond donors (Lipinski definition) is 3. The van der Waals surface area contributed by atoms with E-state index in [0.29, 0.717) is 12.1 Å². The third-order valence-electron chi connectivity index (χ3n) is 3.16. The van der Waals surface area contributed by atoms with Crippen LogP contribution in [-0.2, 0) is 0 Å². The van der Waals surface area contributed by atoms with Crippen LogP contribution < -0.4 is 5.32 Å². The number of rotatable bonds is 8. The van der Waals surface area contributed by atoms with Crippen molar-refractivity contribution in [2.24, 2.45) is 0 Å². The van der Waals surface area contributed by atoms with Crippen molar-refractivity contribution in [2.45, 2.75) is 24.3 Å². The van der Waals surface area contributed by atoms with E-state index >= 15 is 0 Å². The van der Waals surface area contributed by atoms with E-state index in [0.717, 1.165) is 0 Å². The number of aliphatic hydroxyl groups is 2. The Morgan fingerprint density at radius 2 is 2.00 bits per heavy atom. The molecule has 0 aliphatic rings. The molecule has 0 saturated heterocycles. The van der Waals surface area contributed by atoms with Crippen molar-refractivity contribution in [3.05, 3.63) is 39.9 Å². The van der Waals surface area contributed by atoms with Crippen LogP contribution in [0, 0.1) is 10.1 Å². The summed E-state index contributed by atoms with van der Waals surface area (Å²) < 4.78 is 0. The highest BCUT2D eigenvalue weighted by Crippen LogP contribution is 2.18. The fraction of sp³-hybridized carbons (Fsp3) is 0.538. The largest absolute Gasteiger partial charge is 0.395 e. The molecule has 0 bridgehead atoms. The molecule has 0 spiro atoms. The number of nitro benzene ring substituents is 1. The monoisotopic (exact) mass is 300 g/mol. The van der Waals surface area contributed by atoms with Crippen LogP contribution in [-0.4, -0.2) is 45.8 Å². The van der Waals surface area contributed by atoms with Crippen LogP contribution in [0.15, 0.2) is 24.3 Å². The van der Waals surface area contributed by atoms with Gasteiger partial charge in [0, 0.05) is 30.0 Å². The highest BCUT2D eigenvalue weighted by molar-refractivity contribution is 7.99. The van der Waals surface area contributed by atoms with Gasteiger partial charge in [0.1, 0.15) is 0 Å². The zero-order valence-electron chi connectivity index (χ0n) is 11.5. The van der Waals surface area contributed by atoms with Gasteiger partial charge in [-0.2, -0.15) is 11.8 Å². The molecule has 0 heterocycles. The van der Waals surface area contributed by atoms with Crippen LogP contribution in [0.2, 0.25) is 0 Å². The topological polar surface area (TPSA) is 95.6 Å². The van der Waals surface area contributed by atoms with Crippen molar-refractivity contribution < 1.29 is 15.1 Å². The predicted molar refractivity (Wildman–Crippen MR) is 79.9 cm³/mol. The van der Waals surface area contributed by atoms with E-state index in [4.69, 9.17) is 0 Å². The van der Waals surface area contributed by atoms with Gasteiger partial charge in [-0.1, -0.05) is 0 Å². The van der Waals surface area contributed by atoms with E-state index in [1.807, 2.05) is 13.2 Å². The number of nitro groups is 1. The van der Waals surface area contributed by atoms with Gasteiger partial charge in [0.2, 0.25) is 0 Å². The average Bonchev–Trinajstić information content (AvgIpc) is 2.46. The summed E-state index contributed by atoms with van der Waals surface area (Å²) in [6, 6.07) is 5.91. The smallest absolute Gasteiger partial charge is 0.269 e. The second-order valence-electron chi connectivity index (χ2n) is 4.52. The SMILES string of the molecule is CSC(CO)C(C)NCC(O)c1ccc([N+](=O)[O-])cc1. The van der Waals surface area contributed by atoms with Crippen molar-refractivity contribution in [1.29, 1.82) is 0 Å². The van der Waals surface area contributed by atoms with E-state index in [2.05, 4.69) is 5.32 Å². The Morgan fingerprint density at radius 3 is 2.45 bits per heavy atom. The molecule has 1 aromatic rings. The number of aliphatic hydroxyl groups excluding tert-OH is 2. The van der Waals surface area contributed by atoms with Crippen LogP contribution in [0.5, 0.6) is 0 Å². The van der Waals surface area contributed by atoms with E-state index in [9.17, 15) is 20.3 Å².